The number of hydrogen-bond acceptors (Lipinski definition) is 2. The number of nitrogen functional groups attached to an aromatic ring is 1. The monoisotopic (exact) mass is 259 g/mol. The van der Waals surface area contributed by atoms with Crippen molar-refractivity contribution in [3.63, 3.8) is 0 Å². The van der Waals surface area contributed by atoms with Crippen LogP contribution in [0.5, 0.6) is 0 Å². The van der Waals surface area contributed by atoms with Gasteiger partial charge in [0.05, 0.1) is 16.6 Å². The lowest BCUT2D eigenvalue weighted by atomic mass is 10.2. The van der Waals surface area contributed by atoms with E-state index in [9.17, 15) is 4.21 Å². The molecule has 0 bridgehead atoms. The topological polar surface area (TPSA) is 43.1 Å². The molecule has 0 fully saturated rings. The summed E-state index contributed by atoms with van der Waals surface area (Å²) in [6.45, 7) is 4.01. The lowest BCUT2D eigenvalue weighted by molar-refractivity contribution is 0.682. The van der Waals surface area contributed by atoms with Gasteiger partial charge >= 0.3 is 0 Å². The molecule has 1 unspecified atom stereocenters. The Morgan fingerprint density at radius 3 is 2.39 bits per heavy atom. The molecule has 0 aliphatic heterocycles. The minimum atomic E-state index is -1.00. The van der Waals surface area contributed by atoms with Crippen molar-refractivity contribution in [2.45, 2.75) is 24.5 Å². The number of hydrogen-bond donors (Lipinski definition) is 1. The van der Waals surface area contributed by atoms with E-state index in [0.717, 1.165) is 27.3 Å². The van der Waals surface area contributed by atoms with E-state index >= 15 is 0 Å². The first kappa shape index (κ1) is 12.8. The molecule has 0 amide bonds. The SMILES string of the molecule is Cc1ccc(C)c(S(=O)Cc2ccc(N)cc2)c1. The van der Waals surface area contributed by atoms with Crippen molar-refractivity contribution in [2.24, 2.45) is 0 Å². The molecule has 18 heavy (non-hydrogen) atoms. The van der Waals surface area contributed by atoms with Crippen LogP contribution in [0.4, 0.5) is 5.69 Å². The second kappa shape index (κ2) is 5.36. The average molecular weight is 259 g/mol. The number of nitrogens with two attached hydrogens (primary N) is 1. The minimum absolute atomic E-state index is 0.532. The summed E-state index contributed by atoms with van der Waals surface area (Å²) in [4.78, 5) is 0.923. The van der Waals surface area contributed by atoms with Gasteiger partial charge in [0.15, 0.2) is 0 Å². The van der Waals surface area contributed by atoms with Crippen LogP contribution in [0.1, 0.15) is 16.7 Å². The van der Waals surface area contributed by atoms with E-state index < -0.39 is 10.8 Å². The lowest BCUT2D eigenvalue weighted by Crippen LogP contribution is -1.99. The van der Waals surface area contributed by atoms with Gasteiger partial charge < -0.3 is 5.73 Å². The molecule has 0 aliphatic rings. The zero-order chi connectivity index (χ0) is 13.1. The van der Waals surface area contributed by atoms with Gasteiger partial charge in [-0.05, 0) is 48.7 Å². The molecule has 0 aromatic heterocycles. The van der Waals surface area contributed by atoms with E-state index in [2.05, 4.69) is 0 Å². The summed E-state index contributed by atoms with van der Waals surface area (Å²) < 4.78 is 12.4. The van der Waals surface area contributed by atoms with Gasteiger partial charge in [0.25, 0.3) is 0 Å². The molecule has 0 heterocycles. The van der Waals surface area contributed by atoms with Crippen LogP contribution in [-0.4, -0.2) is 4.21 Å². The fourth-order valence-corrected chi connectivity index (χ4v) is 3.19. The predicted octanol–water partition coefficient (Wildman–Crippen LogP) is 3.19. The Labute approximate surface area is 110 Å². The second-order valence-electron chi connectivity index (χ2n) is 4.50. The zero-order valence-corrected chi connectivity index (χ0v) is 11.5. The van der Waals surface area contributed by atoms with Crippen LogP contribution in [0.2, 0.25) is 0 Å². The summed E-state index contributed by atoms with van der Waals surface area (Å²) in [6, 6.07) is 13.6. The van der Waals surface area contributed by atoms with Gasteiger partial charge in [-0.1, -0.05) is 24.3 Å². The van der Waals surface area contributed by atoms with Gasteiger partial charge in [-0.15, -0.1) is 0 Å². The zero-order valence-electron chi connectivity index (χ0n) is 10.6. The van der Waals surface area contributed by atoms with E-state index in [1.165, 1.54) is 0 Å². The highest BCUT2D eigenvalue weighted by molar-refractivity contribution is 7.84. The van der Waals surface area contributed by atoms with E-state index in [4.69, 9.17) is 5.73 Å². The fraction of sp³-hybridized carbons (Fsp3) is 0.200. The van der Waals surface area contributed by atoms with Crippen molar-refractivity contribution < 1.29 is 4.21 Å². The van der Waals surface area contributed by atoms with Crippen LogP contribution >= 0.6 is 0 Å². The maximum absolute atomic E-state index is 12.4. The Kier molecular flexibility index (Phi) is 3.82. The van der Waals surface area contributed by atoms with Crippen molar-refractivity contribution in [3.05, 3.63) is 59.2 Å². The summed E-state index contributed by atoms with van der Waals surface area (Å²) in [5.74, 6) is 0.532. The maximum atomic E-state index is 12.4. The normalized spacial score (nSPS) is 12.3. The number of rotatable bonds is 3. The molecule has 2 aromatic rings. The molecule has 0 aliphatic carbocycles. The summed E-state index contributed by atoms with van der Waals surface area (Å²) in [5, 5.41) is 0. The molecule has 0 saturated heterocycles. The molecule has 2 nitrogen and oxygen atoms in total. The summed E-state index contributed by atoms with van der Waals surface area (Å²) >= 11 is 0. The standard InChI is InChI=1S/C15H17NOS/c1-11-3-4-12(2)15(9-11)18(17)10-13-5-7-14(16)8-6-13/h3-9H,10,16H2,1-2H3. The van der Waals surface area contributed by atoms with Gasteiger partial charge in [0, 0.05) is 10.6 Å². The van der Waals surface area contributed by atoms with Crippen molar-refractivity contribution in [2.75, 3.05) is 5.73 Å². The van der Waals surface area contributed by atoms with Crippen LogP contribution in [-0.2, 0) is 16.6 Å². The van der Waals surface area contributed by atoms with Crippen LogP contribution in [0.3, 0.4) is 0 Å². The summed E-state index contributed by atoms with van der Waals surface area (Å²) in [7, 11) is -1.00. The van der Waals surface area contributed by atoms with Crippen molar-refractivity contribution in [1.82, 2.24) is 0 Å². The number of anilines is 1. The van der Waals surface area contributed by atoms with Crippen LogP contribution < -0.4 is 5.73 Å². The molecular weight excluding hydrogens is 242 g/mol. The van der Waals surface area contributed by atoms with Crippen LogP contribution in [0.15, 0.2) is 47.4 Å². The highest BCUT2D eigenvalue weighted by Crippen LogP contribution is 2.18. The largest absolute Gasteiger partial charge is 0.399 e. The smallest absolute Gasteiger partial charge is 0.0576 e. The van der Waals surface area contributed by atoms with Gasteiger partial charge in [-0.25, -0.2) is 0 Å². The van der Waals surface area contributed by atoms with Gasteiger partial charge in [-0.2, -0.15) is 0 Å². The Morgan fingerprint density at radius 1 is 1.06 bits per heavy atom. The molecule has 2 rings (SSSR count). The Morgan fingerprint density at radius 2 is 1.72 bits per heavy atom. The molecule has 2 aromatic carbocycles. The van der Waals surface area contributed by atoms with E-state index in [1.807, 2.05) is 56.3 Å². The Bertz CT molecular complexity index is 576. The first-order chi connectivity index (χ1) is 8.56. The highest BCUT2D eigenvalue weighted by Gasteiger charge is 2.08. The summed E-state index contributed by atoms with van der Waals surface area (Å²) in [6.07, 6.45) is 0. The van der Waals surface area contributed by atoms with E-state index in [1.54, 1.807) is 0 Å². The Balaban J connectivity index is 2.21. The van der Waals surface area contributed by atoms with Gasteiger partial charge in [0.2, 0.25) is 0 Å². The van der Waals surface area contributed by atoms with E-state index in [0.29, 0.717) is 5.75 Å². The summed E-state index contributed by atoms with van der Waals surface area (Å²) in [5.41, 5.74) is 9.63. The lowest BCUT2D eigenvalue weighted by Gasteiger charge is -2.07. The molecule has 1 atom stereocenters. The quantitative estimate of drug-likeness (QED) is 0.860. The molecule has 0 radical (unpaired) electrons. The van der Waals surface area contributed by atoms with Crippen molar-refractivity contribution >= 4 is 16.5 Å². The van der Waals surface area contributed by atoms with Crippen LogP contribution in [0.25, 0.3) is 0 Å². The first-order valence-corrected chi connectivity index (χ1v) is 7.18. The van der Waals surface area contributed by atoms with Crippen molar-refractivity contribution in [3.8, 4) is 0 Å². The minimum Gasteiger partial charge on any atom is -0.399 e. The third kappa shape index (κ3) is 2.99. The number of benzene rings is 2. The third-order valence-corrected chi connectivity index (χ3v) is 4.39. The van der Waals surface area contributed by atoms with Crippen LogP contribution in [0, 0.1) is 13.8 Å². The molecule has 94 valence electrons. The fourth-order valence-electron chi connectivity index (χ4n) is 1.80. The molecule has 0 saturated carbocycles. The maximum Gasteiger partial charge on any atom is 0.0576 e. The van der Waals surface area contributed by atoms with E-state index in [-0.39, 0.29) is 0 Å². The average Bonchev–Trinajstić information content (AvgIpc) is 2.35. The molecular formula is C15H17NOS. The van der Waals surface area contributed by atoms with Gasteiger partial charge in [0.1, 0.15) is 0 Å². The Hall–Kier alpha value is -1.61. The highest BCUT2D eigenvalue weighted by atomic mass is 32.2. The molecule has 0 spiro atoms. The first-order valence-electron chi connectivity index (χ1n) is 5.86. The number of aryl methyl sites for hydroxylation is 2. The molecule has 2 N–H and O–H groups in total. The molecule has 3 heteroatoms. The predicted molar refractivity (Wildman–Crippen MR) is 76.9 cm³/mol. The third-order valence-electron chi connectivity index (χ3n) is 2.87. The second-order valence-corrected chi connectivity index (χ2v) is 5.92. The van der Waals surface area contributed by atoms with Crippen molar-refractivity contribution in [1.29, 1.82) is 0 Å². The van der Waals surface area contributed by atoms with Gasteiger partial charge in [-0.3, -0.25) is 4.21 Å².